The Morgan fingerprint density at radius 3 is 1.57 bits per heavy atom. The Hall–Kier alpha value is -7.89. The van der Waals surface area contributed by atoms with Crippen LogP contribution in [-0.2, 0) is 0 Å². The molecule has 58 heavy (non-hydrogen) atoms. The highest BCUT2D eigenvalue weighted by molar-refractivity contribution is 6.32. The molecule has 0 bridgehead atoms. The van der Waals surface area contributed by atoms with E-state index in [0.717, 1.165) is 66.5 Å². The van der Waals surface area contributed by atoms with Gasteiger partial charge in [-0.3, -0.25) is 0 Å². The molecule has 12 rings (SSSR count). The summed E-state index contributed by atoms with van der Waals surface area (Å²) in [5, 5.41) is 9.26. The van der Waals surface area contributed by atoms with Crippen LogP contribution in [-0.4, -0.2) is 19.5 Å². The van der Waals surface area contributed by atoms with Gasteiger partial charge in [-0.25, -0.2) is 15.0 Å². The Balaban J connectivity index is 1.17. The van der Waals surface area contributed by atoms with Crippen LogP contribution in [0.25, 0.3) is 116 Å². The SMILES string of the molecule is c1ccc(-c2ccc(-c3nc(-c4ccccc4)nc(-c4cc(-n5c6ccccc6c6c7ccccc7c7ccccc7c65)cc5oc6ccccc6c45)n3)cc2)cc1. The van der Waals surface area contributed by atoms with Gasteiger partial charge in [0.25, 0.3) is 0 Å². The number of nitrogens with zero attached hydrogens (tertiary/aromatic N) is 4. The van der Waals surface area contributed by atoms with E-state index in [-0.39, 0.29) is 0 Å². The molecule has 0 aliphatic heterocycles. The van der Waals surface area contributed by atoms with E-state index in [1.165, 1.54) is 32.3 Å². The van der Waals surface area contributed by atoms with Crippen LogP contribution in [0.2, 0.25) is 0 Å². The summed E-state index contributed by atoms with van der Waals surface area (Å²) < 4.78 is 9.14. The summed E-state index contributed by atoms with van der Waals surface area (Å²) in [6.45, 7) is 0. The van der Waals surface area contributed by atoms with Gasteiger partial charge in [-0.1, -0.05) is 170 Å². The van der Waals surface area contributed by atoms with Crippen molar-refractivity contribution in [2.24, 2.45) is 0 Å². The lowest BCUT2D eigenvalue weighted by Crippen LogP contribution is -2.02. The average Bonchev–Trinajstić information content (AvgIpc) is 3.86. The number of hydrogen-bond donors (Lipinski definition) is 0. The van der Waals surface area contributed by atoms with Crippen LogP contribution < -0.4 is 0 Å². The number of furan rings is 1. The normalized spacial score (nSPS) is 11.8. The van der Waals surface area contributed by atoms with Gasteiger partial charge in [0.15, 0.2) is 17.5 Å². The molecule has 0 unspecified atom stereocenters. The van der Waals surface area contributed by atoms with Gasteiger partial charge in [0.2, 0.25) is 0 Å². The molecule has 5 heteroatoms. The van der Waals surface area contributed by atoms with Crippen molar-refractivity contribution in [2.45, 2.75) is 0 Å². The van der Waals surface area contributed by atoms with E-state index in [9.17, 15) is 0 Å². The molecule has 0 aliphatic carbocycles. The number of para-hydroxylation sites is 2. The van der Waals surface area contributed by atoms with Gasteiger partial charge in [-0.15, -0.1) is 0 Å². The minimum absolute atomic E-state index is 0.575. The molecule has 12 aromatic rings. The van der Waals surface area contributed by atoms with Crippen LogP contribution in [0.15, 0.2) is 199 Å². The number of hydrogen-bond acceptors (Lipinski definition) is 4. The quantitative estimate of drug-likeness (QED) is 0.165. The van der Waals surface area contributed by atoms with E-state index in [4.69, 9.17) is 19.4 Å². The van der Waals surface area contributed by atoms with Crippen LogP contribution >= 0.6 is 0 Å². The van der Waals surface area contributed by atoms with Gasteiger partial charge < -0.3 is 8.98 Å². The Bertz CT molecular complexity index is 3550. The number of aromatic nitrogens is 4. The van der Waals surface area contributed by atoms with Crippen molar-refractivity contribution in [3.8, 4) is 51.0 Å². The highest BCUT2D eigenvalue weighted by atomic mass is 16.3. The summed E-state index contributed by atoms with van der Waals surface area (Å²) in [6.07, 6.45) is 0. The molecule has 0 fully saturated rings. The maximum atomic E-state index is 6.74. The Kier molecular flexibility index (Phi) is 7.16. The van der Waals surface area contributed by atoms with Crippen molar-refractivity contribution in [1.29, 1.82) is 0 Å². The molecule has 3 heterocycles. The van der Waals surface area contributed by atoms with Gasteiger partial charge in [0.05, 0.1) is 16.7 Å². The van der Waals surface area contributed by atoms with Crippen LogP contribution in [0, 0.1) is 0 Å². The molecule has 0 aliphatic rings. The Morgan fingerprint density at radius 1 is 0.345 bits per heavy atom. The lowest BCUT2D eigenvalue weighted by atomic mass is 9.97. The zero-order valence-corrected chi connectivity index (χ0v) is 31.2. The minimum atomic E-state index is 0.575. The summed E-state index contributed by atoms with van der Waals surface area (Å²) in [6, 6.07) is 67.9. The predicted molar refractivity (Wildman–Crippen MR) is 238 cm³/mol. The number of rotatable bonds is 5. The third kappa shape index (κ3) is 5.00. The highest BCUT2D eigenvalue weighted by Crippen LogP contribution is 2.45. The van der Waals surface area contributed by atoms with E-state index in [0.29, 0.717) is 17.5 Å². The maximum absolute atomic E-state index is 6.74. The lowest BCUT2D eigenvalue weighted by Gasteiger charge is -2.14. The molecular formula is C53H32N4O. The first kappa shape index (κ1) is 32.4. The molecule has 0 atom stereocenters. The van der Waals surface area contributed by atoms with E-state index in [1.807, 2.05) is 48.5 Å². The van der Waals surface area contributed by atoms with Gasteiger partial charge in [-0.05, 0) is 45.5 Å². The minimum Gasteiger partial charge on any atom is -0.456 e. The van der Waals surface area contributed by atoms with Crippen molar-refractivity contribution in [3.63, 3.8) is 0 Å². The zero-order valence-electron chi connectivity index (χ0n) is 31.2. The first-order valence-electron chi connectivity index (χ1n) is 19.5. The number of fused-ring (bicyclic) bond motifs is 11. The van der Waals surface area contributed by atoms with E-state index in [2.05, 4.69) is 150 Å². The predicted octanol–water partition coefficient (Wildman–Crippen LogP) is 13.8. The molecule has 5 nitrogen and oxygen atoms in total. The number of benzene rings is 9. The summed E-state index contributed by atoms with van der Waals surface area (Å²) in [7, 11) is 0. The van der Waals surface area contributed by atoms with Crippen molar-refractivity contribution in [1.82, 2.24) is 19.5 Å². The maximum Gasteiger partial charge on any atom is 0.164 e. The molecule has 0 N–H and O–H groups in total. The zero-order chi connectivity index (χ0) is 38.2. The summed E-state index contributed by atoms with van der Waals surface area (Å²) in [5.41, 5.74) is 9.78. The second-order valence-electron chi connectivity index (χ2n) is 14.7. The molecule has 0 spiro atoms. The smallest absolute Gasteiger partial charge is 0.164 e. The topological polar surface area (TPSA) is 56.7 Å². The van der Waals surface area contributed by atoms with Crippen molar-refractivity contribution < 1.29 is 4.42 Å². The summed E-state index contributed by atoms with van der Waals surface area (Å²) in [4.78, 5) is 15.7. The van der Waals surface area contributed by atoms with Crippen LogP contribution in [0.4, 0.5) is 0 Å². The third-order valence-electron chi connectivity index (χ3n) is 11.4. The largest absolute Gasteiger partial charge is 0.456 e. The summed E-state index contributed by atoms with van der Waals surface area (Å²) in [5.74, 6) is 1.78. The Labute approximate surface area is 333 Å². The standard InChI is InChI=1S/C53H32N4O/c1-3-15-33(16-4-1)34-27-29-36(30-28-34)52-54-51(35-17-5-2-6-18-35)55-53(56-52)44-31-37(32-47-48(44)43-24-12-14-26-46(43)58-47)57-45-25-13-11-23-42(45)49-40-21-9-7-19-38(40)39-20-8-10-22-41(39)50(49)57/h1-32H. The monoisotopic (exact) mass is 740 g/mol. The fourth-order valence-corrected chi connectivity index (χ4v) is 8.83. The molecule has 0 saturated carbocycles. The van der Waals surface area contributed by atoms with Crippen molar-refractivity contribution in [2.75, 3.05) is 0 Å². The third-order valence-corrected chi connectivity index (χ3v) is 11.4. The molecule has 0 radical (unpaired) electrons. The summed E-state index contributed by atoms with van der Waals surface area (Å²) >= 11 is 0. The van der Waals surface area contributed by atoms with E-state index in [1.54, 1.807) is 0 Å². The van der Waals surface area contributed by atoms with Crippen LogP contribution in [0.5, 0.6) is 0 Å². The average molecular weight is 741 g/mol. The molecule has 0 amide bonds. The second kappa shape index (κ2) is 12.8. The first-order valence-corrected chi connectivity index (χ1v) is 19.5. The van der Waals surface area contributed by atoms with Gasteiger partial charge in [-0.2, -0.15) is 0 Å². The van der Waals surface area contributed by atoms with Gasteiger partial charge in [0, 0.05) is 49.7 Å². The van der Waals surface area contributed by atoms with E-state index < -0.39 is 0 Å². The van der Waals surface area contributed by atoms with E-state index >= 15 is 0 Å². The molecule has 3 aromatic heterocycles. The van der Waals surface area contributed by atoms with Gasteiger partial charge >= 0.3 is 0 Å². The molecular weight excluding hydrogens is 709 g/mol. The molecule has 0 saturated heterocycles. The fraction of sp³-hybridized carbons (Fsp3) is 0. The van der Waals surface area contributed by atoms with Crippen molar-refractivity contribution >= 4 is 65.3 Å². The fourth-order valence-electron chi connectivity index (χ4n) is 8.83. The van der Waals surface area contributed by atoms with Gasteiger partial charge in [0.1, 0.15) is 11.2 Å². The first-order chi connectivity index (χ1) is 28.8. The molecule has 270 valence electrons. The van der Waals surface area contributed by atoms with Crippen LogP contribution in [0.1, 0.15) is 0 Å². The lowest BCUT2D eigenvalue weighted by molar-refractivity contribution is 0.668. The van der Waals surface area contributed by atoms with Crippen molar-refractivity contribution in [3.05, 3.63) is 194 Å². The van der Waals surface area contributed by atoms with Crippen LogP contribution in [0.3, 0.4) is 0 Å². The highest BCUT2D eigenvalue weighted by Gasteiger charge is 2.23. The second-order valence-corrected chi connectivity index (χ2v) is 14.7. The Morgan fingerprint density at radius 2 is 0.845 bits per heavy atom. The molecule has 9 aromatic carbocycles.